The summed E-state index contributed by atoms with van der Waals surface area (Å²) in [6.45, 7) is 0. The largest absolute Gasteiger partial charge is 0.465 e. The number of amides is 2. The molecule has 0 N–H and O–H groups in total. The summed E-state index contributed by atoms with van der Waals surface area (Å²) in [5, 5.41) is -0.650. The summed E-state index contributed by atoms with van der Waals surface area (Å²) in [4.78, 5) is 38.3. The first-order valence-corrected chi connectivity index (χ1v) is 8.35. The maximum atomic E-state index is 13.0. The molecule has 1 saturated heterocycles. The summed E-state index contributed by atoms with van der Waals surface area (Å²) in [7, 11) is 1.28. The van der Waals surface area contributed by atoms with Crippen LogP contribution in [-0.4, -0.2) is 30.1 Å². The van der Waals surface area contributed by atoms with Gasteiger partial charge in [0.05, 0.1) is 23.6 Å². The van der Waals surface area contributed by atoms with Crippen molar-refractivity contribution in [2.24, 2.45) is 0 Å². The number of thioether (sulfide) groups is 1. The van der Waals surface area contributed by atoms with E-state index in [2.05, 4.69) is 0 Å². The molecule has 0 unspecified atom stereocenters. The van der Waals surface area contributed by atoms with E-state index in [0.29, 0.717) is 16.1 Å². The lowest BCUT2D eigenvalue weighted by Gasteiger charge is -2.15. The molecule has 128 valence electrons. The molecular weight excluding hydrogens is 345 g/mol. The topological polar surface area (TPSA) is 63.7 Å². The van der Waals surface area contributed by atoms with E-state index >= 15 is 0 Å². The molecule has 0 bridgehead atoms. The van der Waals surface area contributed by atoms with Crippen molar-refractivity contribution in [3.63, 3.8) is 0 Å². The number of carbonyl (C=O) groups excluding carboxylic acids is 3. The summed E-state index contributed by atoms with van der Waals surface area (Å²) in [6.07, 6.45) is 0.0103. The molecule has 0 saturated carbocycles. The normalized spacial score (nSPS) is 17.0. The zero-order valence-corrected chi connectivity index (χ0v) is 14.1. The predicted molar refractivity (Wildman–Crippen MR) is 90.9 cm³/mol. The van der Waals surface area contributed by atoms with Gasteiger partial charge in [-0.25, -0.2) is 14.1 Å². The summed E-state index contributed by atoms with van der Waals surface area (Å²) < 4.78 is 17.8. The highest BCUT2D eigenvalue weighted by Crippen LogP contribution is 2.35. The molecule has 0 radical (unpaired) electrons. The second-order valence-corrected chi connectivity index (χ2v) is 6.59. The Morgan fingerprint density at radius 3 is 2.52 bits per heavy atom. The number of benzene rings is 2. The summed E-state index contributed by atoms with van der Waals surface area (Å²) in [5.74, 6) is -1.69. The van der Waals surface area contributed by atoms with Gasteiger partial charge in [-0.05, 0) is 36.4 Å². The standard InChI is InChI=1S/C18H14FNO4S/c1-24-18(23)13-4-2-3-5-14(13)25-15-10-16(21)20(17(15)22)12-8-6-11(19)7-9-12/h2-9,15H,10H2,1H3/t15-/m1/s1. The Kier molecular flexibility index (Phi) is 4.85. The van der Waals surface area contributed by atoms with Crippen LogP contribution in [0, 0.1) is 5.82 Å². The number of anilines is 1. The first-order chi connectivity index (χ1) is 12.0. The summed E-state index contributed by atoms with van der Waals surface area (Å²) >= 11 is 1.15. The van der Waals surface area contributed by atoms with Gasteiger partial charge in [0.2, 0.25) is 11.8 Å². The molecule has 25 heavy (non-hydrogen) atoms. The van der Waals surface area contributed by atoms with Gasteiger partial charge >= 0.3 is 5.97 Å². The summed E-state index contributed by atoms with van der Waals surface area (Å²) in [5.41, 5.74) is 0.677. The van der Waals surface area contributed by atoms with Crippen molar-refractivity contribution in [3.8, 4) is 0 Å². The first kappa shape index (κ1) is 17.2. The second-order valence-electron chi connectivity index (χ2n) is 5.34. The molecule has 1 heterocycles. The van der Waals surface area contributed by atoms with Crippen LogP contribution in [0.5, 0.6) is 0 Å². The van der Waals surface area contributed by atoms with Crippen molar-refractivity contribution in [3.05, 3.63) is 59.9 Å². The number of hydrogen-bond donors (Lipinski definition) is 0. The molecule has 2 amide bonds. The van der Waals surface area contributed by atoms with Crippen LogP contribution in [0.25, 0.3) is 0 Å². The van der Waals surface area contributed by atoms with Gasteiger partial charge in [0, 0.05) is 11.3 Å². The third kappa shape index (κ3) is 3.41. The van der Waals surface area contributed by atoms with E-state index in [1.165, 1.54) is 31.4 Å². The van der Waals surface area contributed by atoms with E-state index in [4.69, 9.17) is 4.74 Å². The number of carbonyl (C=O) groups is 3. The average Bonchev–Trinajstić information content (AvgIpc) is 2.89. The number of esters is 1. The van der Waals surface area contributed by atoms with Crippen molar-refractivity contribution in [1.29, 1.82) is 0 Å². The van der Waals surface area contributed by atoms with Gasteiger partial charge in [-0.3, -0.25) is 9.59 Å². The van der Waals surface area contributed by atoms with Crippen molar-refractivity contribution in [2.75, 3.05) is 12.0 Å². The van der Waals surface area contributed by atoms with Crippen LogP contribution >= 0.6 is 11.8 Å². The number of imide groups is 1. The van der Waals surface area contributed by atoms with Gasteiger partial charge in [-0.2, -0.15) is 0 Å². The highest BCUT2D eigenvalue weighted by atomic mass is 32.2. The lowest BCUT2D eigenvalue weighted by atomic mass is 10.2. The Balaban J connectivity index is 1.84. The van der Waals surface area contributed by atoms with Crippen LogP contribution in [-0.2, 0) is 14.3 Å². The van der Waals surface area contributed by atoms with Crippen LogP contribution in [0.2, 0.25) is 0 Å². The van der Waals surface area contributed by atoms with E-state index in [1.807, 2.05) is 0 Å². The number of methoxy groups -OCH3 is 1. The molecule has 1 atom stereocenters. The van der Waals surface area contributed by atoms with Crippen LogP contribution < -0.4 is 4.90 Å². The minimum atomic E-state index is -0.650. The van der Waals surface area contributed by atoms with E-state index in [9.17, 15) is 18.8 Å². The Morgan fingerprint density at radius 2 is 1.84 bits per heavy atom. The molecular formula is C18H14FNO4S. The molecule has 3 rings (SSSR count). The van der Waals surface area contributed by atoms with Gasteiger partial charge in [-0.1, -0.05) is 12.1 Å². The zero-order valence-electron chi connectivity index (χ0n) is 13.3. The van der Waals surface area contributed by atoms with Gasteiger partial charge in [0.1, 0.15) is 5.82 Å². The molecule has 1 aliphatic rings. The van der Waals surface area contributed by atoms with Gasteiger partial charge in [0.25, 0.3) is 0 Å². The van der Waals surface area contributed by atoms with Crippen molar-refractivity contribution in [1.82, 2.24) is 0 Å². The Bertz CT molecular complexity index is 837. The lowest BCUT2D eigenvalue weighted by Crippen LogP contribution is -2.31. The van der Waals surface area contributed by atoms with Crippen LogP contribution in [0.4, 0.5) is 10.1 Å². The van der Waals surface area contributed by atoms with Crippen molar-refractivity contribution < 1.29 is 23.5 Å². The number of hydrogen-bond acceptors (Lipinski definition) is 5. The van der Waals surface area contributed by atoms with Crippen molar-refractivity contribution >= 4 is 35.2 Å². The molecule has 1 aliphatic heterocycles. The highest BCUT2D eigenvalue weighted by Gasteiger charge is 2.40. The maximum Gasteiger partial charge on any atom is 0.338 e. The second kappa shape index (κ2) is 7.06. The molecule has 1 fully saturated rings. The number of nitrogens with zero attached hydrogens (tertiary/aromatic N) is 1. The molecule has 0 aromatic heterocycles. The van der Waals surface area contributed by atoms with Gasteiger partial charge in [0.15, 0.2) is 0 Å². The van der Waals surface area contributed by atoms with Crippen LogP contribution in [0.3, 0.4) is 0 Å². The smallest absolute Gasteiger partial charge is 0.338 e. The number of ether oxygens (including phenoxy) is 1. The number of rotatable bonds is 4. The third-order valence-corrected chi connectivity index (χ3v) is 5.01. The Morgan fingerprint density at radius 1 is 1.16 bits per heavy atom. The monoisotopic (exact) mass is 359 g/mol. The van der Waals surface area contributed by atoms with Gasteiger partial charge in [-0.15, -0.1) is 11.8 Å². The van der Waals surface area contributed by atoms with Gasteiger partial charge < -0.3 is 4.74 Å². The maximum absolute atomic E-state index is 13.0. The van der Waals surface area contributed by atoms with E-state index in [1.54, 1.807) is 24.3 Å². The lowest BCUT2D eigenvalue weighted by molar-refractivity contribution is -0.121. The first-order valence-electron chi connectivity index (χ1n) is 7.47. The molecule has 5 nitrogen and oxygen atoms in total. The van der Waals surface area contributed by atoms with E-state index < -0.39 is 17.0 Å². The van der Waals surface area contributed by atoms with Crippen molar-refractivity contribution in [2.45, 2.75) is 16.6 Å². The zero-order chi connectivity index (χ0) is 18.0. The Hall–Kier alpha value is -2.67. The Labute approximate surface area is 147 Å². The minimum Gasteiger partial charge on any atom is -0.465 e. The molecule has 7 heteroatoms. The van der Waals surface area contributed by atoms with Crippen LogP contribution in [0.1, 0.15) is 16.8 Å². The fourth-order valence-corrected chi connectivity index (χ4v) is 3.73. The fraction of sp³-hybridized carbons (Fsp3) is 0.167. The fourth-order valence-electron chi connectivity index (χ4n) is 2.56. The minimum absolute atomic E-state index is 0.0103. The van der Waals surface area contributed by atoms with E-state index in [-0.39, 0.29) is 18.2 Å². The quantitative estimate of drug-likeness (QED) is 0.620. The van der Waals surface area contributed by atoms with E-state index in [0.717, 1.165) is 16.7 Å². The molecule has 0 spiro atoms. The van der Waals surface area contributed by atoms with Crippen LogP contribution in [0.15, 0.2) is 53.4 Å². The molecule has 2 aromatic carbocycles. The average molecular weight is 359 g/mol. The summed E-state index contributed by atoms with van der Waals surface area (Å²) in [6, 6.07) is 11.9. The SMILES string of the molecule is COC(=O)c1ccccc1S[C@@H]1CC(=O)N(c2ccc(F)cc2)C1=O. The predicted octanol–water partition coefficient (Wildman–Crippen LogP) is 3.04. The molecule has 0 aliphatic carbocycles. The third-order valence-electron chi connectivity index (χ3n) is 3.75. The highest BCUT2D eigenvalue weighted by molar-refractivity contribution is 8.00. The number of halogens is 1. The molecule has 2 aromatic rings.